The van der Waals surface area contributed by atoms with Crippen LogP contribution in [0.5, 0.6) is 0 Å². The van der Waals surface area contributed by atoms with Crippen LogP contribution in [0, 0.1) is 5.82 Å². The van der Waals surface area contributed by atoms with Gasteiger partial charge in [0.1, 0.15) is 11.6 Å². The first-order chi connectivity index (χ1) is 9.58. The van der Waals surface area contributed by atoms with Gasteiger partial charge < -0.3 is 10.6 Å². The zero-order valence-corrected chi connectivity index (χ0v) is 13.0. The standard InChI is InChI=1S/C14H22FN3OS/c1-4-6-16-13-12(7-11(15)8-17-13)14(19)18-10(3)9-20-5-2/h7-8,10H,4-6,9H2,1-3H3,(H,16,17)(H,18,19). The normalized spacial score (nSPS) is 12.0. The van der Waals surface area contributed by atoms with E-state index in [1.165, 1.54) is 6.07 Å². The fourth-order valence-corrected chi connectivity index (χ4v) is 2.31. The average Bonchev–Trinajstić information content (AvgIpc) is 2.43. The van der Waals surface area contributed by atoms with Crippen LogP contribution in [0.4, 0.5) is 10.2 Å². The molecule has 0 fully saturated rings. The molecule has 112 valence electrons. The zero-order valence-electron chi connectivity index (χ0n) is 12.2. The monoisotopic (exact) mass is 299 g/mol. The molecule has 6 heteroatoms. The minimum absolute atomic E-state index is 0.0368. The number of amides is 1. The van der Waals surface area contributed by atoms with Crippen LogP contribution in [-0.2, 0) is 0 Å². The summed E-state index contributed by atoms with van der Waals surface area (Å²) in [6, 6.07) is 1.26. The van der Waals surface area contributed by atoms with E-state index in [9.17, 15) is 9.18 Å². The highest BCUT2D eigenvalue weighted by Gasteiger charge is 2.15. The lowest BCUT2D eigenvalue weighted by atomic mass is 10.2. The van der Waals surface area contributed by atoms with Crippen LogP contribution in [0.1, 0.15) is 37.6 Å². The lowest BCUT2D eigenvalue weighted by molar-refractivity contribution is 0.0944. The van der Waals surface area contributed by atoms with Gasteiger partial charge in [0.2, 0.25) is 0 Å². The predicted octanol–water partition coefficient (Wildman–Crippen LogP) is 2.91. The average molecular weight is 299 g/mol. The van der Waals surface area contributed by atoms with Crippen molar-refractivity contribution in [1.82, 2.24) is 10.3 Å². The summed E-state index contributed by atoms with van der Waals surface area (Å²) in [6.45, 7) is 6.72. The molecule has 0 aromatic carbocycles. The molecule has 0 aliphatic carbocycles. The van der Waals surface area contributed by atoms with E-state index >= 15 is 0 Å². The first-order valence-electron chi connectivity index (χ1n) is 6.86. The minimum atomic E-state index is -0.507. The quantitative estimate of drug-likeness (QED) is 0.775. The second-order valence-corrected chi connectivity index (χ2v) is 5.83. The van der Waals surface area contributed by atoms with Gasteiger partial charge in [-0.1, -0.05) is 13.8 Å². The van der Waals surface area contributed by atoms with Crippen LogP contribution < -0.4 is 10.6 Å². The Morgan fingerprint density at radius 2 is 2.25 bits per heavy atom. The van der Waals surface area contributed by atoms with Crippen molar-refractivity contribution in [3.05, 3.63) is 23.6 Å². The summed E-state index contributed by atoms with van der Waals surface area (Å²) >= 11 is 1.75. The molecule has 20 heavy (non-hydrogen) atoms. The second kappa shape index (κ2) is 8.79. The van der Waals surface area contributed by atoms with E-state index in [0.717, 1.165) is 24.1 Å². The molecule has 0 saturated heterocycles. The van der Waals surface area contributed by atoms with E-state index in [1.807, 2.05) is 13.8 Å². The van der Waals surface area contributed by atoms with Crippen LogP contribution >= 0.6 is 11.8 Å². The maximum Gasteiger partial charge on any atom is 0.255 e. The molecule has 0 spiro atoms. The number of hydrogen-bond donors (Lipinski definition) is 2. The highest BCUT2D eigenvalue weighted by Crippen LogP contribution is 2.14. The number of nitrogens with one attached hydrogen (secondary N) is 2. The van der Waals surface area contributed by atoms with Crippen molar-refractivity contribution in [1.29, 1.82) is 0 Å². The van der Waals surface area contributed by atoms with Crippen LogP contribution in [0.3, 0.4) is 0 Å². The SMILES string of the molecule is CCCNc1ncc(F)cc1C(=O)NC(C)CSCC. The summed E-state index contributed by atoms with van der Waals surface area (Å²) in [6.07, 6.45) is 2.02. The molecule has 1 aromatic heterocycles. The third kappa shape index (κ3) is 5.36. The Bertz CT molecular complexity index is 442. The number of rotatable bonds is 8. The molecule has 4 nitrogen and oxygen atoms in total. The second-order valence-electron chi connectivity index (χ2n) is 4.51. The molecule has 0 aliphatic heterocycles. The molecule has 0 radical (unpaired) electrons. The van der Waals surface area contributed by atoms with Crippen molar-refractivity contribution in [2.45, 2.75) is 33.2 Å². The summed E-state index contributed by atoms with van der Waals surface area (Å²) < 4.78 is 13.3. The highest BCUT2D eigenvalue weighted by molar-refractivity contribution is 7.99. The van der Waals surface area contributed by atoms with Crippen LogP contribution in [0.15, 0.2) is 12.3 Å². The number of carbonyl (C=O) groups excluding carboxylic acids is 1. The number of anilines is 1. The van der Waals surface area contributed by atoms with Crippen molar-refractivity contribution in [2.75, 3.05) is 23.4 Å². The number of nitrogens with zero attached hydrogens (tertiary/aromatic N) is 1. The van der Waals surface area contributed by atoms with Crippen LogP contribution in [-0.4, -0.2) is 35.0 Å². The first-order valence-corrected chi connectivity index (χ1v) is 8.02. The molecule has 1 atom stereocenters. The van der Waals surface area contributed by atoms with Gasteiger partial charge in [-0.25, -0.2) is 9.37 Å². The Morgan fingerprint density at radius 3 is 2.90 bits per heavy atom. The number of aromatic nitrogens is 1. The highest BCUT2D eigenvalue weighted by atomic mass is 32.2. The molecular weight excluding hydrogens is 277 g/mol. The summed E-state index contributed by atoms with van der Waals surface area (Å²) in [5.41, 5.74) is 0.256. The van der Waals surface area contributed by atoms with Gasteiger partial charge in [-0.2, -0.15) is 11.8 Å². The Morgan fingerprint density at radius 1 is 1.50 bits per heavy atom. The zero-order chi connectivity index (χ0) is 15.0. The van der Waals surface area contributed by atoms with Crippen molar-refractivity contribution in [3.8, 4) is 0 Å². The van der Waals surface area contributed by atoms with E-state index in [4.69, 9.17) is 0 Å². The van der Waals surface area contributed by atoms with Gasteiger partial charge in [-0.15, -0.1) is 0 Å². The van der Waals surface area contributed by atoms with Crippen LogP contribution in [0.2, 0.25) is 0 Å². The van der Waals surface area contributed by atoms with E-state index in [2.05, 4.69) is 22.5 Å². The lowest BCUT2D eigenvalue weighted by Crippen LogP contribution is -2.35. The molecule has 0 bridgehead atoms. The molecular formula is C14H22FN3OS. The Labute approximate surface area is 123 Å². The maximum atomic E-state index is 13.3. The van der Waals surface area contributed by atoms with Gasteiger partial charge in [0.15, 0.2) is 0 Å². The molecule has 1 unspecified atom stereocenters. The fourth-order valence-electron chi connectivity index (χ4n) is 1.63. The molecule has 2 N–H and O–H groups in total. The van der Waals surface area contributed by atoms with E-state index in [0.29, 0.717) is 12.4 Å². The molecule has 1 heterocycles. The van der Waals surface area contributed by atoms with Gasteiger partial charge in [0.05, 0.1) is 11.8 Å². The van der Waals surface area contributed by atoms with Gasteiger partial charge >= 0.3 is 0 Å². The molecule has 0 aliphatic rings. The summed E-state index contributed by atoms with van der Waals surface area (Å²) in [5, 5.41) is 5.91. The Balaban J connectivity index is 2.76. The fraction of sp³-hybridized carbons (Fsp3) is 0.571. The van der Waals surface area contributed by atoms with Crippen molar-refractivity contribution < 1.29 is 9.18 Å². The van der Waals surface area contributed by atoms with Gasteiger partial charge in [0.25, 0.3) is 5.91 Å². The third-order valence-corrected chi connectivity index (χ3v) is 3.73. The number of thioether (sulfide) groups is 1. The van der Waals surface area contributed by atoms with E-state index in [-0.39, 0.29) is 17.5 Å². The van der Waals surface area contributed by atoms with E-state index < -0.39 is 5.82 Å². The summed E-state index contributed by atoms with van der Waals surface area (Å²) in [7, 11) is 0. The number of carbonyl (C=O) groups is 1. The van der Waals surface area contributed by atoms with Crippen molar-refractivity contribution in [2.24, 2.45) is 0 Å². The number of hydrogen-bond acceptors (Lipinski definition) is 4. The molecule has 0 saturated carbocycles. The lowest BCUT2D eigenvalue weighted by Gasteiger charge is -2.15. The van der Waals surface area contributed by atoms with Gasteiger partial charge in [-0.3, -0.25) is 4.79 Å². The van der Waals surface area contributed by atoms with Gasteiger partial charge in [-0.05, 0) is 25.2 Å². The largest absolute Gasteiger partial charge is 0.369 e. The minimum Gasteiger partial charge on any atom is -0.369 e. The van der Waals surface area contributed by atoms with Crippen molar-refractivity contribution in [3.63, 3.8) is 0 Å². The Hall–Kier alpha value is -1.30. The predicted molar refractivity (Wildman–Crippen MR) is 82.9 cm³/mol. The van der Waals surface area contributed by atoms with Gasteiger partial charge in [0, 0.05) is 18.3 Å². The first kappa shape index (κ1) is 16.8. The topological polar surface area (TPSA) is 54.0 Å². The Kier molecular flexibility index (Phi) is 7.36. The number of pyridine rings is 1. The van der Waals surface area contributed by atoms with Crippen LogP contribution in [0.25, 0.3) is 0 Å². The molecule has 1 rings (SSSR count). The molecule has 1 amide bonds. The summed E-state index contributed by atoms with van der Waals surface area (Å²) in [5.74, 6) is 1.47. The van der Waals surface area contributed by atoms with Crippen molar-refractivity contribution >= 4 is 23.5 Å². The van der Waals surface area contributed by atoms with E-state index in [1.54, 1.807) is 11.8 Å². The summed E-state index contributed by atoms with van der Waals surface area (Å²) in [4.78, 5) is 16.1. The smallest absolute Gasteiger partial charge is 0.255 e. The number of halogens is 1. The maximum absolute atomic E-state index is 13.3. The third-order valence-electron chi connectivity index (χ3n) is 2.59. The molecule has 1 aromatic rings.